The van der Waals surface area contributed by atoms with Crippen LogP contribution in [0.1, 0.15) is 23.1 Å². The van der Waals surface area contributed by atoms with Crippen LogP contribution in [0, 0.1) is 0 Å². The van der Waals surface area contributed by atoms with E-state index < -0.39 is 0 Å². The average Bonchev–Trinajstić information content (AvgIpc) is 2.75. The summed E-state index contributed by atoms with van der Waals surface area (Å²) in [5, 5.41) is 0. The molecule has 0 aliphatic heterocycles. The number of fused-ring (bicyclic) bond motifs is 1. The van der Waals surface area contributed by atoms with Gasteiger partial charge in [0.1, 0.15) is 5.75 Å². The summed E-state index contributed by atoms with van der Waals surface area (Å²) in [6.45, 7) is 0. The number of esters is 1. The van der Waals surface area contributed by atoms with Crippen molar-refractivity contribution in [3.8, 4) is 5.75 Å². The maximum Gasteiger partial charge on any atom is 0.305 e. The van der Waals surface area contributed by atoms with Gasteiger partial charge in [0.2, 0.25) is 0 Å². The summed E-state index contributed by atoms with van der Waals surface area (Å²) >= 11 is 0. The van der Waals surface area contributed by atoms with Crippen molar-refractivity contribution < 1.29 is 14.3 Å². The van der Waals surface area contributed by atoms with E-state index in [1.165, 1.54) is 18.2 Å². The van der Waals surface area contributed by atoms with Crippen LogP contribution in [0.15, 0.2) is 12.1 Å². The molecular formula is C14H19NO3. The Kier molecular flexibility index (Phi) is 3.87. The third kappa shape index (κ3) is 2.64. The molecule has 1 aliphatic carbocycles. The van der Waals surface area contributed by atoms with E-state index in [9.17, 15) is 4.79 Å². The average molecular weight is 249 g/mol. The number of benzene rings is 1. The van der Waals surface area contributed by atoms with Crippen molar-refractivity contribution in [2.24, 2.45) is 5.73 Å². The number of hydrogen-bond acceptors (Lipinski definition) is 4. The van der Waals surface area contributed by atoms with Crippen molar-refractivity contribution in [2.45, 2.75) is 31.7 Å². The highest BCUT2D eigenvalue weighted by molar-refractivity contribution is 5.69. The predicted octanol–water partition coefficient (Wildman–Crippen LogP) is 1.23. The molecule has 0 fully saturated rings. The van der Waals surface area contributed by atoms with Gasteiger partial charge in [-0.05, 0) is 48.1 Å². The first-order chi connectivity index (χ1) is 8.63. The van der Waals surface area contributed by atoms with E-state index in [2.05, 4.69) is 4.74 Å². The minimum Gasteiger partial charge on any atom is -0.497 e. The van der Waals surface area contributed by atoms with Crippen LogP contribution in [0.5, 0.6) is 5.75 Å². The van der Waals surface area contributed by atoms with E-state index in [0.29, 0.717) is 12.8 Å². The molecule has 2 N–H and O–H groups in total. The molecule has 2 rings (SSSR count). The van der Waals surface area contributed by atoms with Crippen LogP contribution in [-0.4, -0.2) is 26.2 Å². The normalized spacial score (nSPS) is 17.4. The van der Waals surface area contributed by atoms with Crippen LogP contribution in [0.3, 0.4) is 0 Å². The smallest absolute Gasteiger partial charge is 0.305 e. The van der Waals surface area contributed by atoms with Crippen LogP contribution in [-0.2, 0) is 28.8 Å². The first-order valence-electron chi connectivity index (χ1n) is 6.15. The lowest BCUT2D eigenvalue weighted by Crippen LogP contribution is -2.19. The largest absolute Gasteiger partial charge is 0.497 e. The molecule has 4 heteroatoms. The summed E-state index contributed by atoms with van der Waals surface area (Å²) in [6, 6.07) is 4.23. The summed E-state index contributed by atoms with van der Waals surface area (Å²) in [7, 11) is 3.06. The summed E-state index contributed by atoms with van der Waals surface area (Å²) in [5.41, 5.74) is 9.69. The Morgan fingerprint density at radius 2 is 2.17 bits per heavy atom. The molecule has 0 spiro atoms. The molecule has 98 valence electrons. The SMILES string of the molecule is COC(=O)CCc1cc(OC)cc2c1CC(N)C2. The number of hydrogen-bond donors (Lipinski definition) is 1. The van der Waals surface area contributed by atoms with Gasteiger partial charge in [-0.25, -0.2) is 0 Å². The van der Waals surface area contributed by atoms with Gasteiger partial charge in [-0.3, -0.25) is 4.79 Å². The minimum absolute atomic E-state index is 0.184. The number of aryl methyl sites for hydroxylation is 1. The number of ether oxygens (including phenoxy) is 2. The number of carbonyl (C=O) groups excluding carboxylic acids is 1. The van der Waals surface area contributed by atoms with E-state index in [-0.39, 0.29) is 12.0 Å². The molecule has 1 aromatic rings. The third-order valence-electron chi connectivity index (χ3n) is 3.42. The van der Waals surface area contributed by atoms with E-state index in [1.807, 2.05) is 12.1 Å². The van der Waals surface area contributed by atoms with Crippen LogP contribution in [0.25, 0.3) is 0 Å². The molecule has 0 radical (unpaired) electrons. The van der Waals surface area contributed by atoms with Gasteiger partial charge in [0.05, 0.1) is 14.2 Å². The molecule has 4 nitrogen and oxygen atoms in total. The van der Waals surface area contributed by atoms with Crippen molar-refractivity contribution in [2.75, 3.05) is 14.2 Å². The third-order valence-corrected chi connectivity index (χ3v) is 3.42. The second kappa shape index (κ2) is 5.40. The highest BCUT2D eigenvalue weighted by atomic mass is 16.5. The standard InChI is InChI=1S/C14H19NO3/c1-17-12-6-9(3-4-14(16)18-2)13-8-11(15)5-10(13)7-12/h6-7,11H,3-5,8,15H2,1-2H3. The maximum atomic E-state index is 11.2. The number of carbonyl (C=O) groups is 1. The molecule has 0 bridgehead atoms. The lowest BCUT2D eigenvalue weighted by Gasteiger charge is -2.10. The first kappa shape index (κ1) is 12.9. The van der Waals surface area contributed by atoms with Crippen molar-refractivity contribution >= 4 is 5.97 Å². The molecule has 0 aromatic heterocycles. The minimum atomic E-state index is -0.186. The fourth-order valence-electron chi connectivity index (χ4n) is 2.51. The summed E-state index contributed by atoms with van der Waals surface area (Å²) in [4.78, 5) is 11.2. The zero-order valence-electron chi connectivity index (χ0n) is 10.9. The van der Waals surface area contributed by atoms with Gasteiger partial charge >= 0.3 is 5.97 Å². The molecule has 1 aromatic carbocycles. The van der Waals surface area contributed by atoms with Gasteiger partial charge in [0.25, 0.3) is 0 Å². The number of methoxy groups -OCH3 is 2. The second-order valence-corrected chi connectivity index (χ2v) is 4.67. The summed E-state index contributed by atoms with van der Waals surface area (Å²) in [6.07, 6.45) is 2.85. The van der Waals surface area contributed by atoms with E-state index in [0.717, 1.165) is 24.2 Å². The number of nitrogens with two attached hydrogens (primary N) is 1. The highest BCUT2D eigenvalue weighted by Crippen LogP contribution is 2.30. The molecule has 1 aliphatic rings. The van der Waals surface area contributed by atoms with Crippen molar-refractivity contribution in [1.29, 1.82) is 0 Å². The Labute approximate surface area is 107 Å². The van der Waals surface area contributed by atoms with Crippen LogP contribution in [0.4, 0.5) is 0 Å². The zero-order valence-corrected chi connectivity index (χ0v) is 10.9. The molecule has 0 heterocycles. The molecule has 1 unspecified atom stereocenters. The van der Waals surface area contributed by atoms with E-state index in [1.54, 1.807) is 7.11 Å². The molecule has 0 saturated heterocycles. The van der Waals surface area contributed by atoms with Crippen LogP contribution >= 0.6 is 0 Å². The summed E-state index contributed by atoms with van der Waals surface area (Å²) < 4.78 is 9.97. The van der Waals surface area contributed by atoms with Crippen molar-refractivity contribution in [3.63, 3.8) is 0 Å². The Hall–Kier alpha value is -1.55. The van der Waals surface area contributed by atoms with Gasteiger partial charge in [0.15, 0.2) is 0 Å². The quantitative estimate of drug-likeness (QED) is 0.815. The molecular weight excluding hydrogens is 230 g/mol. The Bertz CT molecular complexity index is 457. The molecule has 1 atom stereocenters. The van der Waals surface area contributed by atoms with Gasteiger partial charge in [-0.1, -0.05) is 0 Å². The van der Waals surface area contributed by atoms with Gasteiger partial charge in [0, 0.05) is 12.5 Å². The monoisotopic (exact) mass is 249 g/mol. The fourth-order valence-corrected chi connectivity index (χ4v) is 2.51. The molecule has 0 saturated carbocycles. The Morgan fingerprint density at radius 3 is 2.83 bits per heavy atom. The predicted molar refractivity (Wildman–Crippen MR) is 68.7 cm³/mol. The molecule has 0 amide bonds. The lowest BCUT2D eigenvalue weighted by atomic mass is 9.99. The summed E-state index contributed by atoms with van der Waals surface area (Å²) in [5.74, 6) is 0.650. The topological polar surface area (TPSA) is 61.5 Å². The second-order valence-electron chi connectivity index (χ2n) is 4.67. The highest BCUT2D eigenvalue weighted by Gasteiger charge is 2.22. The van der Waals surface area contributed by atoms with Crippen LogP contribution in [0.2, 0.25) is 0 Å². The Balaban J connectivity index is 2.23. The van der Waals surface area contributed by atoms with Crippen molar-refractivity contribution in [1.82, 2.24) is 0 Å². The fraction of sp³-hybridized carbons (Fsp3) is 0.500. The van der Waals surface area contributed by atoms with E-state index >= 15 is 0 Å². The lowest BCUT2D eigenvalue weighted by molar-refractivity contribution is -0.140. The van der Waals surface area contributed by atoms with Gasteiger partial charge < -0.3 is 15.2 Å². The van der Waals surface area contributed by atoms with E-state index in [4.69, 9.17) is 10.5 Å². The Morgan fingerprint density at radius 1 is 1.39 bits per heavy atom. The zero-order chi connectivity index (χ0) is 13.1. The van der Waals surface area contributed by atoms with Gasteiger partial charge in [-0.2, -0.15) is 0 Å². The molecule has 18 heavy (non-hydrogen) atoms. The van der Waals surface area contributed by atoms with Gasteiger partial charge in [-0.15, -0.1) is 0 Å². The number of rotatable bonds is 4. The maximum absolute atomic E-state index is 11.2. The van der Waals surface area contributed by atoms with Crippen molar-refractivity contribution in [3.05, 3.63) is 28.8 Å². The first-order valence-corrected chi connectivity index (χ1v) is 6.15. The van der Waals surface area contributed by atoms with Crippen LogP contribution < -0.4 is 10.5 Å².